The molecule has 6 N–H and O–H groups in total. The molecule has 0 aliphatic heterocycles. The number of phenolic OH excluding ortho intramolecular Hbond substituents is 1. The Balaban J connectivity index is 1.81. The van der Waals surface area contributed by atoms with Crippen molar-refractivity contribution in [2.75, 3.05) is 10.6 Å². The number of rotatable bonds is 9. The fourth-order valence-corrected chi connectivity index (χ4v) is 4.72. The number of nitrogens with one attached hydrogen (secondary N) is 1. The van der Waals surface area contributed by atoms with Gasteiger partial charge in [-0.3, -0.25) is 19.3 Å². The fraction of sp³-hybridized carbons (Fsp3) is 0.143. The van der Waals surface area contributed by atoms with E-state index in [1.165, 1.54) is 41.3 Å². The maximum absolute atomic E-state index is 14.0. The number of nitrogens with two attached hydrogens (primary N) is 2. The summed E-state index contributed by atoms with van der Waals surface area (Å²) >= 11 is 0.707. The van der Waals surface area contributed by atoms with Crippen LogP contribution in [-0.2, 0) is 17.8 Å². The molecule has 1 unspecified atom stereocenters. The molecule has 0 bridgehead atoms. The summed E-state index contributed by atoms with van der Waals surface area (Å²) in [4.78, 5) is 40.8. The summed E-state index contributed by atoms with van der Waals surface area (Å²) in [7, 11) is 0. The maximum Gasteiger partial charge on any atom is 0.273 e. The number of carbonyl (C=O) groups excluding carboxylic acids is 3. The minimum Gasteiger partial charge on any atom is -0.508 e. The molecule has 0 fully saturated rings. The van der Waals surface area contributed by atoms with Crippen molar-refractivity contribution in [3.05, 3.63) is 106 Å². The zero-order chi connectivity index (χ0) is 28.1. The third-order valence-electron chi connectivity index (χ3n) is 6.09. The topological polar surface area (TPSA) is 152 Å². The van der Waals surface area contributed by atoms with Crippen LogP contribution in [0.2, 0.25) is 0 Å². The van der Waals surface area contributed by atoms with Gasteiger partial charge in [0.1, 0.15) is 22.5 Å². The van der Waals surface area contributed by atoms with Crippen LogP contribution in [0.3, 0.4) is 0 Å². The molecule has 3 amide bonds. The summed E-state index contributed by atoms with van der Waals surface area (Å²) in [6, 6.07) is 17.4. The quantitative estimate of drug-likeness (QED) is 0.249. The van der Waals surface area contributed by atoms with Gasteiger partial charge in [-0.1, -0.05) is 43.3 Å². The van der Waals surface area contributed by atoms with Crippen LogP contribution in [0.5, 0.6) is 5.75 Å². The molecule has 9 nitrogen and oxygen atoms in total. The van der Waals surface area contributed by atoms with Crippen molar-refractivity contribution in [1.29, 1.82) is 0 Å². The molecule has 3 aromatic carbocycles. The first-order chi connectivity index (χ1) is 18.7. The first-order valence-corrected chi connectivity index (χ1v) is 12.8. The zero-order valence-corrected chi connectivity index (χ0v) is 21.7. The number of primary amides is 1. The summed E-state index contributed by atoms with van der Waals surface area (Å²) in [5.41, 5.74) is 13.5. The molecule has 1 aromatic heterocycles. The second kappa shape index (κ2) is 11.7. The Bertz CT molecular complexity index is 1490. The van der Waals surface area contributed by atoms with E-state index in [1.807, 2.05) is 19.1 Å². The normalized spacial score (nSPS) is 11.5. The molecular weight excluding hydrogens is 521 g/mol. The van der Waals surface area contributed by atoms with Crippen molar-refractivity contribution >= 4 is 40.6 Å². The summed E-state index contributed by atoms with van der Waals surface area (Å²) in [5, 5.41) is 12.7. The van der Waals surface area contributed by atoms with Gasteiger partial charge in [-0.25, -0.2) is 4.39 Å². The Morgan fingerprint density at radius 2 is 1.62 bits per heavy atom. The van der Waals surface area contributed by atoms with E-state index in [0.717, 1.165) is 12.0 Å². The molecule has 4 aromatic rings. The van der Waals surface area contributed by atoms with Crippen molar-refractivity contribution in [2.45, 2.75) is 25.9 Å². The van der Waals surface area contributed by atoms with Crippen LogP contribution in [0.25, 0.3) is 0 Å². The van der Waals surface area contributed by atoms with Crippen molar-refractivity contribution in [3.8, 4) is 5.75 Å². The van der Waals surface area contributed by atoms with Crippen molar-refractivity contribution in [2.24, 2.45) is 5.73 Å². The minimum atomic E-state index is -1.22. The van der Waals surface area contributed by atoms with Gasteiger partial charge in [0.15, 0.2) is 5.69 Å². The van der Waals surface area contributed by atoms with E-state index in [0.29, 0.717) is 28.3 Å². The van der Waals surface area contributed by atoms with E-state index in [4.69, 9.17) is 11.5 Å². The number of anilines is 2. The summed E-state index contributed by atoms with van der Waals surface area (Å²) in [6.45, 7) is 2.06. The van der Waals surface area contributed by atoms with Gasteiger partial charge in [-0.2, -0.15) is 4.37 Å². The van der Waals surface area contributed by atoms with Gasteiger partial charge in [-0.15, -0.1) is 0 Å². The summed E-state index contributed by atoms with van der Waals surface area (Å²) < 4.78 is 17.3. The lowest BCUT2D eigenvalue weighted by atomic mass is 10.0. The van der Waals surface area contributed by atoms with Crippen molar-refractivity contribution in [1.82, 2.24) is 9.69 Å². The summed E-state index contributed by atoms with van der Waals surface area (Å²) in [6.07, 6.45) is 0.761. The number of nitrogen functional groups attached to an aromatic ring is 1. The van der Waals surface area contributed by atoms with Crippen LogP contribution in [0.4, 0.5) is 15.8 Å². The highest BCUT2D eigenvalue weighted by molar-refractivity contribution is 7.09. The molecule has 200 valence electrons. The van der Waals surface area contributed by atoms with Crippen LogP contribution in [0.15, 0.2) is 72.8 Å². The molecule has 0 aliphatic carbocycles. The van der Waals surface area contributed by atoms with E-state index < -0.39 is 29.6 Å². The Morgan fingerprint density at radius 1 is 1.00 bits per heavy atom. The van der Waals surface area contributed by atoms with Crippen LogP contribution < -0.4 is 21.7 Å². The first-order valence-electron chi connectivity index (χ1n) is 12.0. The largest absolute Gasteiger partial charge is 0.508 e. The molecule has 4 rings (SSSR count). The number of hydrogen-bond donors (Lipinski definition) is 4. The van der Waals surface area contributed by atoms with Gasteiger partial charge in [0.05, 0.1) is 5.69 Å². The number of aromatic hydroxyl groups is 1. The average Bonchev–Trinajstić information content (AvgIpc) is 3.33. The number of phenols is 1. The standard InChI is InChI=1S/C28H26FN5O4S/c1-2-16-5-11-20(12-6-16)34(28(38)25-22(30)23(26(31)36)33-39-25)24(18-7-13-21(35)14-8-18)27(37)32-15-17-3-9-19(29)10-4-17/h3-14,24,35H,2,15,30H2,1H3,(H2,31,36)(H,32,37). The molecular formula is C28H26FN5O4S. The molecule has 0 spiro atoms. The predicted molar refractivity (Wildman–Crippen MR) is 147 cm³/mol. The highest BCUT2D eigenvalue weighted by Crippen LogP contribution is 2.34. The van der Waals surface area contributed by atoms with E-state index in [1.54, 1.807) is 24.3 Å². The Labute approximate surface area is 228 Å². The lowest BCUT2D eigenvalue weighted by Crippen LogP contribution is -2.44. The Morgan fingerprint density at radius 3 is 2.18 bits per heavy atom. The number of halogens is 1. The smallest absolute Gasteiger partial charge is 0.273 e. The highest BCUT2D eigenvalue weighted by Gasteiger charge is 2.36. The number of amides is 3. The SMILES string of the molecule is CCc1ccc(N(C(=O)c2snc(C(N)=O)c2N)C(C(=O)NCc2ccc(F)cc2)c2ccc(O)cc2)cc1. The monoisotopic (exact) mass is 547 g/mol. The third-order valence-corrected chi connectivity index (χ3v) is 6.94. The summed E-state index contributed by atoms with van der Waals surface area (Å²) in [5.74, 6) is -2.52. The van der Waals surface area contributed by atoms with Gasteiger partial charge in [0.2, 0.25) is 5.91 Å². The van der Waals surface area contributed by atoms with Gasteiger partial charge >= 0.3 is 0 Å². The fourth-order valence-electron chi connectivity index (χ4n) is 3.98. The van der Waals surface area contributed by atoms with Crippen LogP contribution in [-0.4, -0.2) is 27.2 Å². The van der Waals surface area contributed by atoms with E-state index in [9.17, 15) is 23.9 Å². The number of aryl methyl sites for hydroxylation is 1. The lowest BCUT2D eigenvalue weighted by Gasteiger charge is -2.31. The molecule has 1 atom stereocenters. The van der Waals surface area contributed by atoms with Gasteiger partial charge in [-0.05, 0) is 71.0 Å². The van der Waals surface area contributed by atoms with E-state index >= 15 is 0 Å². The van der Waals surface area contributed by atoms with E-state index in [2.05, 4.69) is 9.69 Å². The zero-order valence-electron chi connectivity index (χ0n) is 20.9. The lowest BCUT2D eigenvalue weighted by molar-refractivity contribution is -0.122. The Hall–Kier alpha value is -4.77. The first kappa shape index (κ1) is 27.3. The molecule has 11 heteroatoms. The predicted octanol–water partition coefficient (Wildman–Crippen LogP) is 3.94. The van der Waals surface area contributed by atoms with Crippen molar-refractivity contribution in [3.63, 3.8) is 0 Å². The molecule has 0 radical (unpaired) electrons. The second-order valence-corrected chi connectivity index (χ2v) is 9.45. The number of hydrogen-bond acceptors (Lipinski definition) is 7. The molecule has 1 heterocycles. The van der Waals surface area contributed by atoms with Crippen LogP contribution in [0, 0.1) is 5.82 Å². The van der Waals surface area contributed by atoms with E-state index in [-0.39, 0.29) is 28.6 Å². The molecule has 0 aliphatic rings. The van der Waals surface area contributed by atoms with Crippen molar-refractivity contribution < 1.29 is 23.9 Å². The minimum absolute atomic E-state index is 0.0211. The highest BCUT2D eigenvalue weighted by atomic mass is 32.1. The maximum atomic E-state index is 14.0. The van der Waals surface area contributed by atoms with Gasteiger partial charge < -0.3 is 21.9 Å². The Kier molecular flexibility index (Phi) is 8.21. The van der Waals surface area contributed by atoms with Crippen LogP contribution in [0.1, 0.15) is 49.8 Å². The average molecular weight is 548 g/mol. The number of nitrogens with zero attached hydrogens (tertiary/aromatic N) is 2. The molecule has 0 saturated carbocycles. The van der Waals surface area contributed by atoms with Crippen LogP contribution >= 0.6 is 11.5 Å². The second-order valence-electron chi connectivity index (χ2n) is 8.67. The number of carbonyl (C=O) groups is 3. The number of aromatic nitrogens is 1. The van der Waals surface area contributed by atoms with Gasteiger partial charge in [0, 0.05) is 12.2 Å². The third kappa shape index (κ3) is 6.04. The molecule has 39 heavy (non-hydrogen) atoms. The van der Waals surface area contributed by atoms with Gasteiger partial charge in [0.25, 0.3) is 11.8 Å². The molecule has 0 saturated heterocycles. The number of benzene rings is 3.